The first kappa shape index (κ1) is 7.29. The number of rotatable bonds is 3. The van der Waals surface area contributed by atoms with Crippen LogP contribution in [-0.4, -0.2) is 9.52 Å². The molecular formula is C9H12Si. The second-order valence-electron chi connectivity index (χ2n) is 2.31. The molecule has 1 heteroatoms. The van der Waals surface area contributed by atoms with Crippen LogP contribution in [0.1, 0.15) is 5.56 Å². The second kappa shape index (κ2) is 4.07. The largest absolute Gasteiger partial charge is 0.108 e. The van der Waals surface area contributed by atoms with Crippen LogP contribution in [0.25, 0.3) is 0 Å². The van der Waals surface area contributed by atoms with Crippen molar-refractivity contribution in [1.82, 2.24) is 0 Å². The normalized spacial score (nSPS) is 10.4. The van der Waals surface area contributed by atoms with Crippen molar-refractivity contribution in [1.29, 1.82) is 0 Å². The molecule has 1 aromatic carbocycles. The fraction of sp³-hybridized carbons (Fsp3) is 0.111. The summed E-state index contributed by atoms with van der Waals surface area (Å²) in [5.41, 5.74) is 3.54. The van der Waals surface area contributed by atoms with Gasteiger partial charge < -0.3 is 0 Å². The predicted molar refractivity (Wildman–Crippen MR) is 48.9 cm³/mol. The van der Waals surface area contributed by atoms with Crippen molar-refractivity contribution in [3.8, 4) is 0 Å². The van der Waals surface area contributed by atoms with E-state index in [9.17, 15) is 0 Å². The average Bonchev–Trinajstić information content (AvgIpc) is 2.03. The van der Waals surface area contributed by atoms with E-state index in [1.54, 1.807) is 0 Å². The van der Waals surface area contributed by atoms with Gasteiger partial charge in [-0.2, -0.15) is 0 Å². The highest BCUT2D eigenvalue weighted by Gasteiger charge is 1.86. The SMILES string of the molecule is C=C[SiH2]Cc1ccccc1. The van der Waals surface area contributed by atoms with Gasteiger partial charge in [-0.05, 0) is 6.04 Å². The van der Waals surface area contributed by atoms with Gasteiger partial charge in [-0.1, -0.05) is 35.9 Å². The summed E-state index contributed by atoms with van der Waals surface area (Å²) in [6, 6.07) is 11.8. The molecule has 0 radical (unpaired) electrons. The van der Waals surface area contributed by atoms with E-state index in [1.807, 2.05) is 0 Å². The number of hydrogen-bond donors (Lipinski definition) is 0. The van der Waals surface area contributed by atoms with Crippen molar-refractivity contribution in [2.45, 2.75) is 6.04 Å². The van der Waals surface area contributed by atoms with E-state index in [1.165, 1.54) is 11.6 Å². The lowest BCUT2D eigenvalue weighted by Crippen LogP contribution is -1.91. The lowest BCUT2D eigenvalue weighted by molar-refractivity contribution is 1.39. The van der Waals surface area contributed by atoms with Gasteiger partial charge in [0, 0.05) is 9.52 Å². The Bertz CT molecular complexity index is 191. The van der Waals surface area contributed by atoms with E-state index < -0.39 is 0 Å². The maximum atomic E-state index is 3.74. The standard InChI is InChI=1S/C9H12Si/c1-2-10-8-9-6-4-3-5-7-9/h2-7H,1,8,10H2. The molecule has 0 fully saturated rings. The number of benzene rings is 1. The maximum absolute atomic E-state index is 3.74. The summed E-state index contributed by atoms with van der Waals surface area (Å²) in [6.07, 6.45) is 0. The summed E-state index contributed by atoms with van der Waals surface area (Å²) in [7, 11) is -0.0127. The molecule has 1 aromatic rings. The van der Waals surface area contributed by atoms with E-state index in [2.05, 4.69) is 42.6 Å². The molecule has 0 bridgehead atoms. The smallest absolute Gasteiger partial charge is 0.0490 e. The molecule has 0 spiro atoms. The molecule has 0 saturated heterocycles. The first-order valence-electron chi connectivity index (χ1n) is 3.58. The summed E-state index contributed by atoms with van der Waals surface area (Å²) in [5, 5.41) is 0. The highest BCUT2D eigenvalue weighted by atomic mass is 28.2. The topological polar surface area (TPSA) is 0 Å². The fourth-order valence-corrected chi connectivity index (χ4v) is 1.78. The van der Waals surface area contributed by atoms with Gasteiger partial charge in [-0.15, -0.1) is 12.3 Å². The molecule has 0 aliphatic carbocycles. The van der Waals surface area contributed by atoms with Gasteiger partial charge in [-0.3, -0.25) is 0 Å². The molecule has 0 heterocycles. The van der Waals surface area contributed by atoms with E-state index in [0.29, 0.717) is 0 Å². The van der Waals surface area contributed by atoms with E-state index in [0.717, 1.165) is 0 Å². The molecular weight excluding hydrogens is 136 g/mol. The van der Waals surface area contributed by atoms with Crippen molar-refractivity contribution in [2.75, 3.05) is 0 Å². The van der Waals surface area contributed by atoms with Crippen LogP contribution < -0.4 is 0 Å². The predicted octanol–water partition coefficient (Wildman–Crippen LogP) is 1.50. The molecule has 0 amide bonds. The summed E-state index contributed by atoms with van der Waals surface area (Å²) >= 11 is 0. The summed E-state index contributed by atoms with van der Waals surface area (Å²) < 4.78 is 0. The van der Waals surface area contributed by atoms with E-state index >= 15 is 0 Å². The molecule has 0 nitrogen and oxygen atoms in total. The van der Waals surface area contributed by atoms with Gasteiger partial charge in [0.25, 0.3) is 0 Å². The van der Waals surface area contributed by atoms with Gasteiger partial charge in [0.1, 0.15) is 0 Å². The molecule has 0 unspecified atom stereocenters. The Balaban J connectivity index is 2.50. The van der Waals surface area contributed by atoms with Crippen molar-refractivity contribution in [2.24, 2.45) is 0 Å². The molecule has 1 rings (SSSR count). The minimum absolute atomic E-state index is 0.0127. The second-order valence-corrected chi connectivity index (χ2v) is 3.97. The minimum atomic E-state index is -0.0127. The molecule has 52 valence electrons. The zero-order valence-corrected chi connectivity index (χ0v) is 7.50. The third kappa shape index (κ3) is 2.19. The third-order valence-electron chi connectivity index (χ3n) is 1.48. The minimum Gasteiger partial charge on any atom is -0.108 e. The van der Waals surface area contributed by atoms with Crippen LogP contribution in [0.4, 0.5) is 0 Å². The van der Waals surface area contributed by atoms with Gasteiger partial charge in [0.05, 0.1) is 0 Å². The van der Waals surface area contributed by atoms with Crippen LogP contribution in [0.3, 0.4) is 0 Å². The fourth-order valence-electron chi connectivity index (χ4n) is 0.913. The summed E-state index contributed by atoms with van der Waals surface area (Å²) in [6.45, 7) is 3.74. The Morgan fingerprint density at radius 3 is 2.60 bits per heavy atom. The molecule has 0 atom stereocenters. The van der Waals surface area contributed by atoms with Crippen LogP contribution in [-0.2, 0) is 6.04 Å². The maximum Gasteiger partial charge on any atom is 0.0490 e. The Hall–Kier alpha value is -0.823. The van der Waals surface area contributed by atoms with E-state index in [4.69, 9.17) is 0 Å². The highest BCUT2D eigenvalue weighted by molar-refractivity contribution is 6.41. The Kier molecular flexibility index (Phi) is 2.96. The lowest BCUT2D eigenvalue weighted by Gasteiger charge is -1.94. The third-order valence-corrected chi connectivity index (χ3v) is 2.75. The lowest BCUT2D eigenvalue weighted by atomic mass is 10.2. The molecule has 0 aliphatic heterocycles. The first-order valence-corrected chi connectivity index (χ1v) is 5.40. The molecule has 0 aliphatic rings. The van der Waals surface area contributed by atoms with Crippen molar-refractivity contribution in [3.05, 3.63) is 48.2 Å². The van der Waals surface area contributed by atoms with Crippen LogP contribution >= 0.6 is 0 Å². The van der Waals surface area contributed by atoms with Crippen LogP contribution in [0.2, 0.25) is 0 Å². The van der Waals surface area contributed by atoms with Crippen molar-refractivity contribution >= 4 is 9.52 Å². The Morgan fingerprint density at radius 1 is 1.30 bits per heavy atom. The average molecular weight is 148 g/mol. The van der Waals surface area contributed by atoms with Crippen LogP contribution in [0.5, 0.6) is 0 Å². The van der Waals surface area contributed by atoms with E-state index in [-0.39, 0.29) is 9.52 Å². The van der Waals surface area contributed by atoms with Crippen molar-refractivity contribution < 1.29 is 0 Å². The van der Waals surface area contributed by atoms with Gasteiger partial charge >= 0.3 is 0 Å². The summed E-state index contributed by atoms with van der Waals surface area (Å²) in [5.74, 6) is 0. The monoisotopic (exact) mass is 148 g/mol. The molecule has 0 saturated carbocycles. The number of hydrogen-bond acceptors (Lipinski definition) is 0. The quantitative estimate of drug-likeness (QED) is 0.570. The highest BCUT2D eigenvalue weighted by Crippen LogP contribution is 1.97. The van der Waals surface area contributed by atoms with Gasteiger partial charge in [0.2, 0.25) is 0 Å². The van der Waals surface area contributed by atoms with Gasteiger partial charge in [-0.25, -0.2) is 0 Å². The molecule has 10 heavy (non-hydrogen) atoms. The van der Waals surface area contributed by atoms with Gasteiger partial charge in [0.15, 0.2) is 0 Å². The molecule has 0 N–H and O–H groups in total. The Morgan fingerprint density at radius 2 is 2.00 bits per heavy atom. The Labute approximate surface area is 64.4 Å². The zero-order chi connectivity index (χ0) is 7.23. The molecule has 0 aromatic heterocycles. The van der Waals surface area contributed by atoms with Crippen molar-refractivity contribution in [3.63, 3.8) is 0 Å². The summed E-state index contributed by atoms with van der Waals surface area (Å²) in [4.78, 5) is 0. The van der Waals surface area contributed by atoms with Crippen LogP contribution in [0.15, 0.2) is 42.6 Å². The van der Waals surface area contributed by atoms with Crippen LogP contribution in [0, 0.1) is 0 Å². The first-order chi connectivity index (χ1) is 4.93. The zero-order valence-electron chi connectivity index (χ0n) is 6.09.